The summed E-state index contributed by atoms with van der Waals surface area (Å²) in [6, 6.07) is 19.9. The van der Waals surface area contributed by atoms with E-state index in [2.05, 4.69) is 14.9 Å². The second kappa shape index (κ2) is 9.31. The molecule has 0 unspecified atom stereocenters. The Morgan fingerprint density at radius 2 is 1.47 bits per heavy atom. The van der Waals surface area contributed by atoms with E-state index in [1.165, 1.54) is 0 Å². The number of Topliss-reactive ketones (excluding diaryl/α,β-unsaturated/α-hetero) is 1. The molecule has 1 atom stereocenters. The SMILES string of the molecule is O=C(O[C@@H](C(=O)c1ccccc1)c1ccccc1)C1CCN(c2ncccn2)CC1. The molecule has 6 nitrogen and oxygen atoms in total. The highest BCUT2D eigenvalue weighted by molar-refractivity contribution is 6.01. The summed E-state index contributed by atoms with van der Waals surface area (Å²) in [5.41, 5.74) is 1.20. The van der Waals surface area contributed by atoms with Gasteiger partial charge in [-0.25, -0.2) is 9.97 Å². The van der Waals surface area contributed by atoms with E-state index in [1.54, 1.807) is 42.7 Å². The minimum Gasteiger partial charge on any atom is -0.449 e. The van der Waals surface area contributed by atoms with Gasteiger partial charge in [0.2, 0.25) is 11.7 Å². The number of esters is 1. The van der Waals surface area contributed by atoms with Gasteiger partial charge in [0.25, 0.3) is 0 Å². The Morgan fingerprint density at radius 1 is 0.867 bits per heavy atom. The molecule has 0 radical (unpaired) electrons. The lowest BCUT2D eigenvalue weighted by Gasteiger charge is -2.31. The topological polar surface area (TPSA) is 72.4 Å². The van der Waals surface area contributed by atoms with Crippen LogP contribution in [-0.4, -0.2) is 34.8 Å². The molecule has 2 aromatic carbocycles. The van der Waals surface area contributed by atoms with Crippen molar-refractivity contribution < 1.29 is 14.3 Å². The fourth-order valence-electron chi connectivity index (χ4n) is 3.64. The number of aromatic nitrogens is 2. The zero-order valence-corrected chi connectivity index (χ0v) is 16.6. The smallest absolute Gasteiger partial charge is 0.310 e. The summed E-state index contributed by atoms with van der Waals surface area (Å²) in [6.45, 7) is 1.35. The second-order valence-corrected chi connectivity index (χ2v) is 7.27. The zero-order valence-electron chi connectivity index (χ0n) is 16.6. The first kappa shape index (κ1) is 19.8. The Kier molecular flexibility index (Phi) is 6.13. The second-order valence-electron chi connectivity index (χ2n) is 7.27. The number of ether oxygens (including phenoxy) is 1. The number of hydrogen-bond acceptors (Lipinski definition) is 6. The Hall–Kier alpha value is -3.54. The highest BCUT2D eigenvalue weighted by Gasteiger charge is 2.32. The molecule has 30 heavy (non-hydrogen) atoms. The maximum Gasteiger partial charge on any atom is 0.310 e. The van der Waals surface area contributed by atoms with E-state index < -0.39 is 6.10 Å². The Morgan fingerprint density at radius 3 is 2.10 bits per heavy atom. The van der Waals surface area contributed by atoms with Crippen LogP contribution < -0.4 is 4.90 Å². The molecule has 0 spiro atoms. The van der Waals surface area contributed by atoms with Crippen molar-refractivity contribution in [2.24, 2.45) is 5.92 Å². The molecule has 1 aromatic heterocycles. The van der Waals surface area contributed by atoms with Gasteiger partial charge in [0, 0.05) is 36.6 Å². The van der Waals surface area contributed by atoms with E-state index in [0.717, 1.165) is 0 Å². The van der Waals surface area contributed by atoms with Crippen LogP contribution in [-0.2, 0) is 9.53 Å². The van der Waals surface area contributed by atoms with Crippen LogP contribution >= 0.6 is 0 Å². The number of benzene rings is 2. The van der Waals surface area contributed by atoms with Crippen LogP contribution in [0.2, 0.25) is 0 Å². The van der Waals surface area contributed by atoms with Crippen LogP contribution in [0.1, 0.15) is 34.9 Å². The number of piperidine rings is 1. The molecular weight excluding hydrogens is 378 g/mol. The van der Waals surface area contributed by atoms with Crippen LogP contribution in [0.3, 0.4) is 0 Å². The molecule has 1 aliphatic heterocycles. The van der Waals surface area contributed by atoms with E-state index in [9.17, 15) is 9.59 Å². The van der Waals surface area contributed by atoms with Gasteiger partial charge in [-0.15, -0.1) is 0 Å². The quantitative estimate of drug-likeness (QED) is 0.461. The number of anilines is 1. The molecule has 0 N–H and O–H groups in total. The zero-order chi connectivity index (χ0) is 20.8. The fraction of sp³-hybridized carbons (Fsp3) is 0.250. The van der Waals surface area contributed by atoms with Gasteiger partial charge in [-0.2, -0.15) is 0 Å². The molecule has 4 rings (SSSR count). The highest BCUT2D eigenvalue weighted by atomic mass is 16.5. The number of nitrogens with zero attached hydrogens (tertiary/aromatic N) is 3. The molecular formula is C24H23N3O3. The molecule has 2 heterocycles. The van der Waals surface area contributed by atoms with Gasteiger partial charge < -0.3 is 9.64 Å². The minimum absolute atomic E-state index is 0.217. The molecule has 6 heteroatoms. The third-order valence-corrected chi connectivity index (χ3v) is 5.30. The van der Waals surface area contributed by atoms with Gasteiger partial charge in [0.05, 0.1) is 5.92 Å². The predicted octanol–water partition coefficient (Wildman–Crippen LogP) is 3.86. The Bertz CT molecular complexity index is 972. The molecule has 3 aromatic rings. The molecule has 152 valence electrons. The van der Waals surface area contributed by atoms with E-state index >= 15 is 0 Å². The average Bonchev–Trinajstić information content (AvgIpc) is 2.84. The normalized spacial score (nSPS) is 15.4. The lowest BCUT2D eigenvalue weighted by molar-refractivity contribution is -0.153. The number of ketones is 1. The number of rotatable bonds is 6. The molecule has 1 saturated heterocycles. The summed E-state index contributed by atoms with van der Waals surface area (Å²) >= 11 is 0. The van der Waals surface area contributed by atoms with Crippen LogP contribution in [0.4, 0.5) is 5.95 Å². The average molecular weight is 401 g/mol. The first-order valence-electron chi connectivity index (χ1n) is 10.1. The van der Waals surface area contributed by atoms with Crippen molar-refractivity contribution in [2.75, 3.05) is 18.0 Å². The van der Waals surface area contributed by atoms with Crippen molar-refractivity contribution >= 4 is 17.7 Å². The first-order valence-corrected chi connectivity index (χ1v) is 10.1. The van der Waals surface area contributed by atoms with Gasteiger partial charge in [-0.05, 0) is 18.9 Å². The standard InChI is InChI=1S/C24H23N3O3/c28-21(18-8-3-1-4-9-18)22(19-10-5-2-6-11-19)30-23(29)20-12-16-27(17-13-20)24-25-14-7-15-26-24/h1-11,14-15,20,22H,12-13,16-17H2/t22-/m1/s1. The molecule has 1 fully saturated rings. The minimum atomic E-state index is -0.948. The van der Waals surface area contributed by atoms with Gasteiger partial charge in [-0.3, -0.25) is 9.59 Å². The Balaban J connectivity index is 1.45. The van der Waals surface area contributed by atoms with Gasteiger partial charge in [0.15, 0.2) is 6.10 Å². The number of carbonyl (C=O) groups is 2. The summed E-state index contributed by atoms with van der Waals surface area (Å²) in [6.07, 6.45) is 3.75. The maximum atomic E-state index is 13.1. The summed E-state index contributed by atoms with van der Waals surface area (Å²) in [5.74, 6) is -0.127. The van der Waals surface area contributed by atoms with Crippen LogP contribution in [0, 0.1) is 5.92 Å². The molecule has 0 saturated carbocycles. The molecule has 1 aliphatic rings. The largest absolute Gasteiger partial charge is 0.449 e. The van der Waals surface area contributed by atoms with Crippen molar-refractivity contribution in [3.8, 4) is 0 Å². The van der Waals surface area contributed by atoms with Crippen molar-refractivity contribution in [3.63, 3.8) is 0 Å². The van der Waals surface area contributed by atoms with Crippen molar-refractivity contribution in [3.05, 3.63) is 90.3 Å². The van der Waals surface area contributed by atoms with E-state index in [-0.39, 0.29) is 17.7 Å². The number of carbonyl (C=O) groups excluding carboxylic acids is 2. The fourth-order valence-corrected chi connectivity index (χ4v) is 3.64. The predicted molar refractivity (Wildman–Crippen MR) is 113 cm³/mol. The third-order valence-electron chi connectivity index (χ3n) is 5.30. The van der Waals surface area contributed by atoms with E-state index in [0.29, 0.717) is 43.0 Å². The highest BCUT2D eigenvalue weighted by Crippen LogP contribution is 2.27. The van der Waals surface area contributed by atoms with Gasteiger partial charge in [0.1, 0.15) is 0 Å². The van der Waals surface area contributed by atoms with Crippen LogP contribution in [0.5, 0.6) is 0 Å². The van der Waals surface area contributed by atoms with Crippen LogP contribution in [0.25, 0.3) is 0 Å². The monoisotopic (exact) mass is 401 g/mol. The lowest BCUT2D eigenvalue weighted by atomic mass is 9.96. The van der Waals surface area contributed by atoms with Crippen molar-refractivity contribution in [1.82, 2.24) is 9.97 Å². The third kappa shape index (κ3) is 4.54. The van der Waals surface area contributed by atoms with E-state index in [1.807, 2.05) is 36.4 Å². The molecule has 0 aliphatic carbocycles. The molecule has 0 amide bonds. The summed E-state index contributed by atoms with van der Waals surface area (Å²) in [5, 5.41) is 0. The maximum absolute atomic E-state index is 13.1. The summed E-state index contributed by atoms with van der Waals surface area (Å²) < 4.78 is 5.79. The van der Waals surface area contributed by atoms with E-state index in [4.69, 9.17) is 4.74 Å². The Labute approximate surface area is 175 Å². The number of hydrogen-bond donors (Lipinski definition) is 0. The van der Waals surface area contributed by atoms with Gasteiger partial charge in [-0.1, -0.05) is 60.7 Å². The lowest BCUT2D eigenvalue weighted by Crippen LogP contribution is -2.38. The first-order chi connectivity index (χ1) is 14.7. The van der Waals surface area contributed by atoms with Crippen LogP contribution in [0.15, 0.2) is 79.1 Å². The van der Waals surface area contributed by atoms with Crippen molar-refractivity contribution in [2.45, 2.75) is 18.9 Å². The summed E-state index contributed by atoms with van der Waals surface area (Å²) in [7, 11) is 0. The van der Waals surface area contributed by atoms with Gasteiger partial charge >= 0.3 is 5.97 Å². The van der Waals surface area contributed by atoms with Crippen molar-refractivity contribution in [1.29, 1.82) is 0 Å². The molecule has 0 bridgehead atoms. The summed E-state index contributed by atoms with van der Waals surface area (Å²) in [4.78, 5) is 36.6.